The van der Waals surface area contributed by atoms with Gasteiger partial charge < -0.3 is 14.2 Å². The summed E-state index contributed by atoms with van der Waals surface area (Å²) < 4.78 is 18.7. The first-order chi connectivity index (χ1) is 13.7. The Morgan fingerprint density at radius 2 is 1.59 bits per heavy atom. The summed E-state index contributed by atoms with van der Waals surface area (Å²) in [4.78, 5) is 12.9. The minimum atomic E-state index is -0.267. The Balaban J connectivity index is 1.48. The van der Waals surface area contributed by atoms with E-state index in [9.17, 15) is 4.79 Å². The zero-order valence-electron chi connectivity index (χ0n) is 17.6. The molecule has 2 aromatic rings. The molecular formula is C25H28O4. The molecule has 152 valence electrons. The lowest BCUT2D eigenvalue weighted by molar-refractivity contribution is 0.0765. The molecule has 0 radical (unpaired) electrons. The van der Waals surface area contributed by atoms with E-state index in [1.165, 1.54) is 5.56 Å². The van der Waals surface area contributed by atoms with E-state index in [-0.39, 0.29) is 23.1 Å². The van der Waals surface area contributed by atoms with Gasteiger partial charge in [0.05, 0.1) is 12.0 Å². The second-order valence-corrected chi connectivity index (χ2v) is 9.74. The predicted molar refractivity (Wildman–Crippen MR) is 111 cm³/mol. The molecule has 5 rings (SSSR count). The van der Waals surface area contributed by atoms with Crippen LogP contribution in [-0.4, -0.2) is 17.0 Å². The molecule has 2 aromatic carbocycles. The average Bonchev–Trinajstić information content (AvgIpc) is 2.65. The molecule has 0 N–H and O–H groups in total. The van der Waals surface area contributed by atoms with Crippen molar-refractivity contribution >= 4 is 5.78 Å². The summed E-state index contributed by atoms with van der Waals surface area (Å²) in [6.45, 7) is 8.44. The van der Waals surface area contributed by atoms with E-state index >= 15 is 0 Å². The summed E-state index contributed by atoms with van der Waals surface area (Å²) in [5, 5.41) is 0. The van der Waals surface area contributed by atoms with Crippen molar-refractivity contribution in [2.24, 2.45) is 0 Å². The largest absolute Gasteiger partial charge is 0.488 e. The third kappa shape index (κ3) is 3.29. The summed E-state index contributed by atoms with van der Waals surface area (Å²) in [5.41, 5.74) is 3.64. The highest BCUT2D eigenvalue weighted by Gasteiger charge is 2.35. The van der Waals surface area contributed by atoms with E-state index in [1.54, 1.807) is 0 Å². The number of benzene rings is 2. The molecule has 29 heavy (non-hydrogen) atoms. The highest BCUT2D eigenvalue weighted by Crippen LogP contribution is 2.45. The van der Waals surface area contributed by atoms with Gasteiger partial charge in [0.1, 0.15) is 34.6 Å². The van der Waals surface area contributed by atoms with Crippen molar-refractivity contribution in [2.45, 2.75) is 77.1 Å². The van der Waals surface area contributed by atoms with Crippen molar-refractivity contribution in [3.8, 4) is 17.2 Å². The summed E-state index contributed by atoms with van der Waals surface area (Å²) in [6.07, 6.45) is 3.83. The van der Waals surface area contributed by atoms with Crippen LogP contribution in [0.4, 0.5) is 0 Å². The molecule has 0 amide bonds. The maximum atomic E-state index is 12.9. The van der Waals surface area contributed by atoms with Gasteiger partial charge in [-0.15, -0.1) is 0 Å². The highest BCUT2D eigenvalue weighted by molar-refractivity contribution is 6.00. The first kappa shape index (κ1) is 18.5. The van der Waals surface area contributed by atoms with Gasteiger partial charge in [0.15, 0.2) is 5.78 Å². The number of rotatable bonds is 1. The molecule has 3 aliphatic heterocycles. The number of fused-ring (bicyclic) bond motifs is 4. The zero-order chi connectivity index (χ0) is 20.4. The van der Waals surface area contributed by atoms with E-state index in [2.05, 4.69) is 33.8 Å². The second-order valence-electron chi connectivity index (χ2n) is 9.74. The molecule has 0 spiro atoms. The van der Waals surface area contributed by atoms with Crippen LogP contribution in [0.3, 0.4) is 0 Å². The minimum Gasteiger partial charge on any atom is -0.488 e. The van der Waals surface area contributed by atoms with Crippen molar-refractivity contribution in [3.63, 3.8) is 0 Å². The molecular weight excluding hydrogens is 364 g/mol. The quantitative estimate of drug-likeness (QED) is 0.634. The minimum absolute atomic E-state index is 0.127. The molecule has 0 saturated heterocycles. The van der Waals surface area contributed by atoms with Crippen LogP contribution in [0.25, 0.3) is 0 Å². The number of hydrogen-bond donors (Lipinski definition) is 0. The number of hydrogen-bond acceptors (Lipinski definition) is 4. The molecule has 0 saturated carbocycles. The van der Waals surface area contributed by atoms with Crippen LogP contribution in [0.5, 0.6) is 17.2 Å². The fourth-order valence-corrected chi connectivity index (χ4v) is 4.60. The van der Waals surface area contributed by atoms with E-state index < -0.39 is 0 Å². The Kier molecular flexibility index (Phi) is 4.00. The summed E-state index contributed by atoms with van der Waals surface area (Å²) in [7, 11) is 0. The number of aryl methyl sites for hydroxylation is 1. The molecule has 3 heterocycles. The van der Waals surface area contributed by atoms with Gasteiger partial charge >= 0.3 is 0 Å². The number of Topliss-reactive ketones (excluding diaryl/α,β-unsaturated/α-hetero) is 1. The van der Waals surface area contributed by atoms with E-state index in [1.807, 2.05) is 24.3 Å². The lowest BCUT2D eigenvalue weighted by Gasteiger charge is -2.36. The third-order valence-corrected chi connectivity index (χ3v) is 6.35. The number of carbonyl (C=O) groups is 1. The van der Waals surface area contributed by atoms with Crippen LogP contribution < -0.4 is 14.2 Å². The Labute approximate surface area is 172 Å². The fraction of sp³-hybridized carbons (Fsp3) is 0.480. The molecule has 4 nitrogen and oxygen atoms in total. The van der Waals surface area contributed by atoms with Crippen LogP contribution in [0, 0.1) is 0 Å². The lowest BCUT2D eigenvalue weighted by Crippen LogP contribution is -2.33. The Bertz CT molecular complexity index is 1000. The van der Waals surface area contributed by atoms with Crippen molar-refractivity contribution in [1.29, 1.82) is 0 Å². The normalized spacial score (nSPS) is 23.6. The first-order valence-corrected chi connectivity index (χ1v) is 10.6. The second kappa shape index (κ2) is 6.25. The molecule has 0 aliphatic carbocycles. The maximum Gasteiger partial charge on any atom is 0.170 e. The molecule has 1 unspecified atom stereocenters. The number of ether oxygens (including phenoxy) is 3. The molecule has 0 bridgehead atoms. The molecule has 4 heteroatoms. The predicted octanol–water partition coefficient (Wildman–Crippen LogP) is 5.60. The first-order valence-electron chi connectivity index (χ1n) is 10.6. The van der Waals surface area contributed by atoms with E-state index in [0.29, 0.717) is 17.7 Å². The summed E-state index contributed by atoms with van der Waals surface area (Å²) in [5.74, 6) is 2.64. The van der Waals surface area contributed by atoms with Gasteiger partial charge in [0.2, 0.25) is 0 Å². The van der Waals surface area contributed by atoms with Crippen molar-refractivity contribution in [3.05, 3.63) is 52.6 Å². The molecule has 3 aliphatic rings. The van der Waals surface area contributed by atoms with Crippen molar-refractivity contribution in [2.75, 3.05) is 0 Å². The Morgan fingerprint density at radius 1 is 0.897 bits per heavy atom. The van der Waals surface area contributed by atoms with Gasteiger partial charge in [-0.3, -0.25) is 4.79 Å². The van der Waals surface area contributed by atoms with Gasteiger partial charge in [-0.2, -0.15) is 0 Å². The van der Waals surface area contributed by atoms with E-state index in [0.717, 1.165) is 48.3 Å². The highest BCUT2D eigenvalue weighted by atomic mass is 16.5. The van der Waals surface area contributed by atoms with Crippen LogP contribution in [0.1, 0.15) is 80.1 Å². The standard InChI is InChI=1S/C25H28O4/c1-24(2)11-9-16-13-15(5-7-20(16)28-24)22-14-19(26)17-6-8-21-18(23(17)27-22)10-12-25(3,4)29-21/h5-8,13,22H,9-12,14H2,1-4H3. The average molecular weight is 392 g/mol. The number of ketones is 1. The number of carbonyl (C=O) groups excluding carboxylic acids is 1. The van der Waals surface area contributed by atoms with Crippen molar-refractivity contribution in [1.82, 2.24) is 0 Å². The SMILES string of the molecule is CC1(C)CCc2cc(C3CC(=O)c4ccc5c(c4O3)CCC(C)(C)O5)ccc2O1. The van der Waals surface area contributed by atoms with Crippen LogP contribution in [0.15, 0.2) is 30.3 Å². The maximum absolute atomic E-state index is 12.9. The van der Waals surface area contributed by atoms with E-state index in [4.69, 9.17) is 14.2 Å². The van der Waals surface area contributed by atoms with Gasteiger partial charge in [-0.1, -0.05) is 6.07 Å². The lowest BCUT2D eigenvalue weighted by atomic mass is 9.88. The summed E-state index contributed by atoms with van der Waals surface area (Å²) in [6, 6.07) is 10.0. The topological polar surface area (TPSA) is 44.8 Å². The monoisotopic (exact) mass is 392 g/mol. The third-order valence-electron chi connectivity index (χ3n) is 6.35. The van der Waals surface area contributed by atoms with Gasteiger partial charge in [0.25, 0.3) is 0 Å². The van der Waals surface area contributed by atoms with Crippen LogP contribution in [-0.2, 0) is 12.8 Å². The van der Waals surface area contributed by atoms with Gasteiger partial charge in [-0.25, -0.2) is 0 Å². The molecule has 1 atom stereocenters. The fourth-order valence-electron chi connectivity index (χ4n) is 4.60. The zero-order valence-corrected chi connectivity index (χ0v) is 17.6. The summed E-state index contributed by atoms with van der Waals surface area (Å²) >= 11 is 0. The van der Waals surface area contributed by atoms with Crippen LogP contribution >= 0.6 is 0 Å². The van der Waals surface area contributed by atoms with Gasteiger partial charge in [0, 0.05) is 5.56 Å². The molecule has 0 aromatic heterocycles. The molecule has 0 fully saturated rings. The van der Waals surface area contributed by atoms with Gasteiger partial charge in [-0.05, 0) is 88.8 Å². The van der Waals surface area contributed by atoms with Crippen LogP contribution in [0.2, 0.25) is 0 Å². The smallest absolute Gasteiger partial charge is 0.170 e. The van der Waals surface area contributed by atoms with Crippen molar-refractivity contribution < 1.29 is 19.0 Å². The Morgan fingerprint density at radius 3 is 2.38 bits per heavy atom. The Hall–Kier alpha value is -2.49.